The second-order valence-electron chi connectivity index (χ2n) is 7.90. The number of aromatic nitrogens is 2. The molecule has 1 aliphatic rings. The van der Waals surface area contributed by atoms with E-state index in [9.17, 15) is 8.42 Å². The summed E-state index contributed by atoms with van der Waals surface area (Å²) in [5.74, 6) is 0.0286. The SMILES string of the molecule is Cc1ccc(C)c(N2CCN(C(=S)Nc3ccc(S(=O)(=O)Nc4ncccn4)cc3)CC2)c1. The Labute approximate surface area is 199 Å². The molecule has 0 unspecified atom stereocenters. The lowest BCUT2D eigenvalue weighted by Gasteiger charge is -2.38. The summed E-state index contributed by atoms with van der Waals surface area (Å²) in [5.41, 5.74) is 4.54. The number of benzene rings is 2. The summed E-state index contributed by atoms with van der Waals surface area (Å²) in [6.45, 7) is 7.65. The van der Waals surface area contributed by atoms with Gasteiger partial charge in [0, 0.05) is 49.9 Å². The molecule has 10 heteroatoms. The van der Waals surface area contributed by atoms with Crippen molar-refractivity contribution >= 4 is 44.7 Å². The van der Waals surface area contributed by atoms with E-state index >= 15 is 0 Å². The maximum atomic E-state index is 12.5. The summed E-state index contributed by atoms with van der Waals surface area (Å²) in [6, 6.07) is 14.6. The number of thiocarbonyl (C=S) groups is 1. The number of hydrogen-bond acceptors (Lipinski definition) is 6. The Morgan fingerprint density at radius 3 is 2.30 bits per heavy atom. The molecule has 8 nitrogen and oxygen atoms in total. The zero-order valence-corrected chi connectivity index (χ0v) is 20.2. The van der Waals surface area contributed by atoms with Gasteiger partial charge in [0.1, 0.15) is 0 Å². The predicted octanol–water partition coefficient (Wildman–Crippen LogP) is 3.41. The van der Waals surface area contributed by atoms with E-state index < -0.39 is 10.0 Å². The largest absolute Gasteiger partial charge is 0.368 e. The summed E-state index contributed by atoms with van der Waals surface area (Å²) in [4.78, 5) is 12.4. The van der Waals surface area contributed by atoms with Gasteiger partial charge < -0.3 is 15.1 Å². The van der Waals surface area contributed by atoms with Gasteiger partial charge in [-0.15, -0.1) is 0 Å². The molecular weight excluding hydrogens is 456 g/mol. The number of nitrogens with one attached hydrogen (secondary N) is 2. The fourth-order valence-corrected chi connectivity index (χ4v) is 4.92. The van der Waals surface area contributed by atoms with E-state index in [2.05, 4.69) is 61.9 Å². The Bertz CT molecular complexity index is 1230. The van der Waals surface area contributed by atoms with Gasteiger partial charge in [-0.2, -0.15) is 0 Å². The van der Waals surface area contributed by atoms with Gasteiger partial charge in [-0.05, 0) is 73.6 Å². The smallest absolute Gasteiger partial charge is 0.264 e. The number of aryl methyl sites for hydroxylation is 2. The van der Waals surface area contributed by atoms with Crippen LogP contribution in [0, 0.1) is 13.8 Å². The summed E-state index contributed by atoms with van der Waals surface area (Å²) >= 11 is 5.60. The molecule has 0 radical (unpaired) electrons. The third-order valence-corrected chi connectivity index (χ3v) is 7.18. The van der Waals surface area contributed by atoms with Crippen molar-refractivity contribution in [2.75, 3.05) is 41.1 Å². The normalized spacial score (nSPS) is 14.1. The molecule has 1 fully saturated rings. The summed E-state index contributed by atoms with van der Waals surface area (Å²) in [6.07, 6.45) is 2.95. The molecule has 1 saturated heterocycles. The molecule has 3 aromatic rings. The summed E-state index contributed by atoms with van der Waals surface area (Å²) in [7, 11) is -3.77. The molecule has 2 heterocycles. The average molecular weight is 483 g/mol. The molecule has 0 aliphatic carbocycles. The highest BCUT2D eigenvalue weighted by atomic mass is 32.2. The van der Waals surface area contributed by atoms with Crippen molar-refractivity contribution in [3.05, 3.63) is 72.1 Å². The Morgan fingerprint density at radius 2 is 1.64 bits per heavy atom. The van der Waals surface area contributed by atoms with Gasteiger partial charge in [-0.25, -0.2) is 23.1 Å². The lowest BCUT2D eigenvalue weighted by atomic mass is 10.1. The minimum Gasteiger partial charge on any atom is -0.368 e. The molecule has 4 rings (SSSR count). The summed E-state index contributed by atoms with van der Waals surface area (Å²) in [5, 5.41) is 3.84. The fourth-order valence-electron chi connectivity index (χ4n) is 3.66. The quantitative estimate of drug-likeness (QED) is 0.535. The first-order chi connectivity index (χ1) is 15.8. The van der Waals surface area contributed by atoms with Crippen LogP contribution in [0.4, 0.5) is 17.3 Å². The van der Waals surface area contributed by atoms with Crippen molar-refractivity contribution < 1.29 is 8.42 Å². The molecule has 2 aromatic carbocycles. The van der Waals surface area contributed by atoms with Crippen molar-refractivity contribution in [1.82, 2.24) is 14.9 Å². The topological polar surface area (TPSA) is 90.5 Å². The van der Waals surface area contributed by atoms with Gasteiger partial charge in [0.15, 0.2) is 5.11 Å². The van der Waals surface area contributed by atoms with Gasteiger partial charge in [-0.1, -0.05) is 12.1 Å². The lowest BCUT2D eigenvalue weighted by Crippen LogP contribution is -2.50. The number of sulfonamides is 1. The molecule has 0 amide bonds. The van der Waals surface area contributed by atoms with Crippen LogP contribution >= 0.6 is 12.2 Å². The number of rotatable bonds is 5. The van der Waals surface area contributed by atoms with Crippen molar-refractivity contribution in [3.8, 4) is 0 Å². The van der Waals surface area contributed by atoms with E-state index in [1.165, 1.54) is 41.3 Å². The Hall–Kier alpha value is -3.24. The first kappa shape index (κ1) is 22.9. The standard InChI is InChI=1S/C23H26N6O2S2/c1-17-4-5-18(2)21(16-17)28-12-14-29(15-13-28)23(32)26-19-6-8-20(9-7-19)33(30,31)27-22-24-10-3-11-25-22/h3-11,16H,12-15H2,1-2H3,(H,26,32)(H,24,25,27). The Kier molecular flexibility index (Phi) is 6.75. The van der Waals surface area contributed by atoms with Crippen LogP contribution in [0.2, 0.25) is 0 Å². The molecule has 172 valence electrons. The van der Waals surface area contributed by atoms with Crippen LogP contribution in [0.25, 0.3) is 0 Å². The Morgan fingerprint density at radius 1 is 0.970 bits per heavy atom. The molecule has 1 aliphatic heterocycles. The molecule has 1 aromatic heterocycles. The molecule has 2 N–H and O–H groups in total. The van der Waals surface area contributed by atoms with Crippen LogP contribution in [-0.2, 0) is 10.0 Å². The minimum atomic E-state index is -3.77. The first-order valence-electron chi connectivity index (χ1n) is 10.6. The zero-order chi connectivity index (χ0) is 23.4. The fraction of sp³-hybridized carbons (Fsp3) is 0.261. The minimum absolute atomic E-state index is 0.0286. The van der Waals surface area contributed by atoms with Gasteiger partial charge in [0.25, 0.3) is 10.0 Å². The molecule has 0 atom stereocenters. The van der Waals surface area contributed by atoms with Crippen molar-refractivity contribution in [2.24, 2.45) is 0 Å². The van der Waals surface area contributed by atoms with Crippen LogP contribution < -0.4 is 14.9 Å². The van der Waals surface area contributed by atoms with Gasteiger partial charge in [0.05, 0.1) is 4.90 Å². The summed E-state index contributed by atoms with van der Waals surface area (Å²) < 4.78 is 27.4. The molecule has 0 saturated carbocycles. The predicted molar refractivity (Wildman–Crippen MR) is 135 cm³/mol. The highest BCUT2D eigenvalue weighted by molar-refractivity contribution is 7.92. The number of piperazine rings is 1. The van der Waals surface area contributed by atoms with Crippen molar-refractivity contribution in [1.29, 1.82) is 0 Å². The maximum Gasteiger partial charge on any atom is 0.264 e. The van der Waals surface area contributed by atoms with E-state index in [4.69, 9.17) is 12.2 Å². The second kappa shape index (κ2) is 9.72. The molecule has 33 heavy (non-hydrogen) atoms. The Balaban J connectivity index is 1.34. The van der Waals surface area contributed by atoms with Gasteiger partial charge in [0.2, 0.25) is 5.95 Å². The van der Waals surface area contributed by atoms with E-state index in [0.717, 1.165) is 31.9 Å². The lowest BCUT2D eigenvalue weighted by molar-refractivity contribution is 0.390. The number of nitrogens with zero attached hydrogens (tertiary/aromatic N) is 4. The van der Waals surface area contributed by atoms with E-state index in [1.807, 2.05) is 0 Å². The highest BCUT2D eigenvalue weighted by Crippen LogP contribution is 2.23. The van der Waals surface area contributed by atoms with Gasteiger partial charge in [-0.3, -0.25) is 0 Å². The van der Waals surface area contributed by atoms with Crippen molar-refractivity contribution in [3.63, 3.8) is 0 Å². The molecule has 0 spiro atoms. The van der Waals surface area contributed by atoms with Crippen LogP contribution in [0.15, 0.2) is 65.8 Å². The second-order valence-corrected chi connectivity index (χ2v) is 9.97. The van der Waals surface area contributed by atoms with Crippen LogP contribution in [0.3, 0.4) is 0 Å². The highest BCUT2D eigenvalue weighted by Gasteiger charge is 2.21. The van der Waals surface area contributed by atoms with E-state index in [1.54, 1.807) is 18.2 Å². The third-order valence-electron chi connectivity index (χ3n) is 5.48. The number of anilines is 3. The van der Waals surface area contributed by atoms with Crippen LogP contribution in [0.1, 0.15) is 11.1 Å². The van der Waals surface area contributed by atoms with E-state index in [0.29, 0.717) is 5.11 Å². The van der Waals surface area contributed by atoms with Crippen molar-refractivity contribution in [2.45, 2.75) is 18.7 Å². The average Bonchev–Trinajstić information content (AvgIpc) is 2.81. The van der Waals surface area contributed by atoms with Crippen LogP contribution in [0.5, 0.6) is 0 Å². The maximum absolute atomic E-state index is 12.5. The van der Waals surface area contributed by atoms with Crippen LogP contribution in [-0.4, -0.2) is 54.6 Å². The molecule has 0 bridgehead atoms. The first-order valence-corrected chi connectivity index (χ1v) is 12.5. The van der Waals surface area contributed by atoms with Gasteiger partial charge >= 0.3 is 0 Å². The third kappa shape index (κ3) is 5.58. The van der Waals surface area contributed by atoms with E-state index in [-0.39, 0.29) is 10.8 Å². The monoisotopic (exact) mass is 482 g/mol. The number of hydrogen-bond donors (Lipinski definition) is 2. The molecular formula is C23H26N6O2S2. The zero-order valence-electron chi connectivity index (χ0n) is 18.5.